The van der Waals surface area contributed by atoms with E-state index in [0.29, 0.717) is 11.4 Å². The average molecular weight is 303 g/mol. The number of aryl methyl sites for hydroxylation is 1. The van der Waals surface area contributed by atoms with Gasteiger partial charge in [0, 0.05) is 18.8 Å². The number of sulfone groups is 1. The van der Waals surface area contributed by atoms with Gasteiger partial charge in [-0.2, -0.15) is 0 Å². The first-order valence-electron chi connectivity index (χ1n) is 7.12. The van der Waals surface area contributed by atoms with E-state index in [2.05, 4.69) is 11.0 Å². The van der Waals surface area contributed by atoms with E-state index >= 15 is 0 Å². The molecule has 0 saturated carbocycles. The molecule has 3 nitrogen and oxygen atoms in total. The van der Waals surface area contributed by atoms with Crippen molar-refractivity contribution in [2.75, 3.05) is 23.7 Å². The summed E-state index contributed by atoms with van der Waals surface area (Å²) in [6, 6.07) is 16.8. The summed E-state index contributed by atoms with van der Waals surface area (Å²) in [5, 5.41) is 0. The summed E-state index contributed by atoms with van der Waals surface area (Å²) in [6.45, 7) is 5.36. The van der Waals surface area contributed by atoms with Crippen LogP contribution in [-0.2, 0) is 9.84 Å². The van der Waals surface area contributed by atoms with Crippen LogP contribution in [0, 0.1) is 6.92 Å². The Morgan fingerprint density at radius 2 is 1.71 bits per heavy atom. The minimum atomic E-state index is -3.23. The van der Waals surface area contributed by atoms with E-state index in [1.165, 1.54) is 5.56 Å². The standard InChI is InChI=1S/C17H21NO2S/c1-3-18(16-9-7-8-15(2)14-16)12-13-21(19,20)17-10-5-4-6-11-17/h4-11,14H,3,12-13H2,1-2H3. The lowest BCUT2D eigenvalue weighted by molar-refractivity contribution is 0.594. The number of hydrogen-bond acceptors (Lipinski definition) is 3. The minimum absolute atomic E-state index is 0.124. The van der Waals surface area contributed by atoms with Crippen molar-refractivity contribution in [2.24, 2.45) is 0 Å². The molecule has 0 heterocycles. The molecule has 0 aliphatic rings. The number of hydrogen-bond donors (Lipinski definition) is 0. The highest BCUT2D eigenvalue weighted by atomic mass is 32.2. The summed E-state index contributed by atoms with van der Waals surface area (Å²) in [6.07, 6.45) is 0. The van der Waals surface area contributed by atoms with Crippen LogP contribution in [0.1, 0.15) is 12.5 Å². The highest BCUT2D eigenvalue weighted by Crippen LogP contribution is 2.17. The zero-order valence-electron chi connectivity index (χ0n) is 12.5. The first-order valence-corrected chi connectivity index (χ1v) is 8.77. The maximum absolute atomic E-state index is 12.3. The van der Waals surface area contributed by atoms with Crippen molar-refractivity contribution >= 4 is 15.5 Å². The first kappa shape index (κ1) is 15.6. The molecule has 0 N–H and O–H groups in total. The quantitative estimate of drug-likeness (QED) is 0.821. The highest BCUT2D eigenvalue weighted by Gasteiger charge is 2.15. The van der Waals surface area contributed by atoms with Gasteiger partial charge in [-0.1, -0.05) is 30.3 Å². The molecule has 0 aliphatic carbocycles. The molecule has 0 spiro atoms. The molecule has 2 aromatic rings. The average Bonchev–Trinajstić information content (AvgIpc) is 2.49. The molecular formula is C17H21NO2S. The number of nitrogens with zero attached hydrogens (tertiary/aromatic N) is 1. The molecule has 0 radical (unpaired) electrons. The SMILES string of the molecule is CCN(CCS(=O)(=O)c1ccccc1)c1cccc(C)c1. The summed E-state index contributed by atoms with van der Waals surface area (Å²) in [5.41, 5.74) is 2.25. The summed E-state index contributed by atoms with van der Waals surface area (Å²) in [5.74, 6) is 0.124. The Kier molecular flexibility index (Phi) is 5.02. The van der Waals surface area contributed by atoms with Crippen LogP contribution >= 0.6 is 0 Å². The van der Waals surface area contributed by atoms with E-state index in [0.717, 1.165) is 12.2 Å². The molecule has 0 fully saturated rings. The molecule has 2 aromatic carbocycles. The zero-order valence-corrected chi connectivity index (χ0v) is 13.3. The van der Waals surface area contributed by atoms with E-state index < -0.39 is 9.84 Å². The fourth-order valence-electron chi connectivity index (χ4n) is 2.27. The number of benzene rings is 2. The summed E-state index contributed by atoms with van der Waals surface area (Å²) < 4.78 is 24.6. The lowest BCUT2D eigenvalue weighted by Gasteiger charge is -2.23. The maximum atomic E-state index is 12.3. The lowest BCUT2D eigenvalue weighted by atomic mass is 10.2. The fourth-order valence-corrected chi connectivity index (χ4v) is 3.54. The fraction of sp³-hybridized carbons (Fsp3) is 0.294. The van der Waals surface area contributed by atoms with Gasteiger partial charge in [0.05, 0.1) is 10.6 Å². The predicted octanol–water partition coefficient (Wildman–Crippen LogP) is 3.30. The van der Waals surface area contributed by atoms with Gasteiger partial charge in [-0.25, -0.2) is 8.42 Å². The molecule has 0 aliphatic heterocycles. The Bertz CT molecular complexity index is 681. The van der Waals surface area contributed by atoms with Crippen LogP contribution in [0.25, 0.3) is 0 Å². The summed E-state index contributed by atoms with van der Waals surface area (Å²) in [7, 11) is -3.23. The van der Waals surface area contributed by atoms with Crippen molar-refractivity contribution in [1.82, 2.24) is 0 Å². The normalized spacial score (nSPS) is 11.3. The molecule has 0 aromatic heterocycles. The minimum Gasteiger partial charge on any atom is -0.371 e. The van der Waals surface area contributed by atoms with E-state index in [4.69, 9.17) is 0 Å². The van der Waals surface area contributed by atoms with Gasteiger partial charge in [-0.15, -0.1) is 0 Å². The van der Waals surface area contributed by atoms with E-state index in [1.807, 2.05) is 38.1 Å². The van der Waals surface area contributed by atoms with Gasteiger partial charge in [-0.05, 0) is 43.7 Å². The highest BCUT2D eigenvalue weighted by molar-refractivity contribution is 7.91. The molecule has 4 heteroatoms. The van der Waals surface area contributed by atoms with Crippen molar-refractivity contribution in [3.63, 3.8) is 0 Å². The molecule has 0 bridgehead atoms. The zero-order chi connectivity index (χ0) is 15.3. The van der Waals surface area contributed by atoms with Crippen LogP contribution in [0.4, 0.5) is 5.69 Å². The van der Waals surface area contributed by atoms with E-state index in [-0.39, 0.29) is 5.75 Å². The molecule has 21 heavy (non-hydrogen) atoms. The second kappa shape index (κ2) is 6.76. The Morgan fingerprint density at radius 3 is 2.33 bits per heavy atom. The smallest absolute Gasteiger partial charge is 0.180 e. The van der Waals surface area contributed by atoms with Crippen molar-refractivity contribution in [3.05, 3.63) is 60.2 Å². The first-order chi connectivity index (χ1) is 10.0. The van der Waals surface area contributed by atoms with Crippen LogP contribution < -0.4 is 4.90 Å². The van der Waals surface area contributed by atoms with E-state index in [9.17, 15) is 8.42 Å². The Labute approximate surface area is 127 Å². The second-order valence-electron chi connectivity index (χ2n) is 5.05. The molecule has 0 saturated heterocycles. The van der Waals surface area contributed by atoms with E-state index in [1.54, 1.807) is 24.3 Å². The van der Waals surface area contributed by atoms with Crippen LogP contribution in [0.5, 0.6) is 0 Å². The summed E-state index contributed by atoms with van der Waals surface area (Å²) >= 11 is 0. The van der Waals surface area contributed by atoms with Crippen molar-refractivity contribution in [3.8, 4) is 0 Å². The summed E-state index contributed by atoms with van der Waals surface area (Å²) in [4.78, 5) is 2.48. The topological polar surface area (TPSA) is 37.4 Å². The van der Waals surface area contributed by atoms with Gasteiger partial charge in [0.15, 0.2) is 9.84 Å². The van der Waals surface area contributed by atoms with Crippen LogP contribution in [0.3, 0.4) is 0 Å². The Balaban J connectivity index is 2.10. The number of rotatable bonds is 6. The van der Waals surface area contributed by atoms with Crippen LogP contribution in [0.2, 0.25) is 0 Å². The molecule has 112 valence electrons. The van der Waals surface area contributed by atoms with Crippen molar-refractivity contribution in [1.29, 1.82) is 0 Å². The molecule has 0 amide bonds. The third kappa shape index (κ3) is 4.08. The van der Waals surface area contributed by atoms with Gasteiger partial charge < -0.3 is 4.90 Å². The second-order valence-corrected chi connectivity index (χ2v) is 7.16. The largest absolute Gasteiger partial charge is 0.371 e. The van der Waals surface area contributed by atoms with Gasteiger partial charge in [0.25, 0.3) is 0 Å². The molecular weight excluding hydrogens is 282 g/mol. The lowest BCUT2D eigenvalue weighted by Crippen LogP contribution is -2.29. The van der Waals surface area contributed by atoms with Gasteiger partial charge in [-0.3, -0.25) is 0 Å². The van der Waals surface area contributed by atoms with Gasteiger partial charge >= 0.3 is 0 Å². The Morgan fingerprint density at radius 1 is 1.00 bits per heavy atom. The predicted molar refractivity (Wildman–Crippen MR) is 87.6 cm³/mol. The van der Waals surface area contributed by atoms with Gasteiger partial charge in [0.1, 0.15) is 0 Å². The number of anilines is 1. The third-order valence-electron chi connectivity index (χ3n) is 3.48. The third-order valence-corrected chi connectivity index (χ3v) is 5.19. The van der Waals surface area contributed by atoms with Crippen LogP contribution in [-0.4, -0.2) is 27.3 Å². The monoisotopic (exact) mass is 303 g/mol. The Hall–Kier alpha value is -1.81. The van der Waals surface area contributed by atoms with Gasteiger partial charge in [0.2, 0.25) is 0 Å². The maximum Gasteiger partial charge on any atom is 0.180 e. The molecule has 0 atom stereocenters. The van der Waals surface area contributed by atoms with Crippen molar-refractivity contribution < 1.29 is 8.42 Å². The van der Waals surface area contributed by atoms with Crippen molar-refractivity contribution in [2.45, 2.75) is 18.7 Å². The molecule has 0 unspecified atom stereocenters. The molecule has 2 rings (SSSR count). The van der Waals surface area contributed by atoms with Crippen LogP contribution in [0.15, 0.2) is 59.5 Å².